The number of likely N-dealkylation sites (tertiary alicyclic amines) is 2. The quantitative estimate of drug-likeness (QED) is 0.138. The predicted molar refractivity (Wildman–Crippen MR) is 178 cm³/mol. The molecule has 2 saturated heterocycles. The fourth-order valence-corrected chi connectivity index (χ4v) is 6.82. The molecule has 0 saturated carbocycles. The summed E-state index contributed by atoms with van der Waals surface area (Å²) >= 11 is 0. The molecule has 256 valence electrons. The second-order valence-electron chi connectivity index (χ2n) is 12.2. The first-order valence-electron chi connectivity index (χ1n) is 16.1. The van der Waals surface area contributed by atoms with Gasteiger partial charge < -0.3 is 14.7 Å². The van der Waals surface area contributed by atoms with E-state index in [1.165, 1.54) is 23.0 Å². The zero-order chi connectivity index (χ0) is 34.1. The number of hydrogen-bond donors (Lipinski definition) is 0. The van der Waals surface area contributed by atoms with Gasteiger partial charge in [0.25, 0.3) is 5.91 Å². The summed E-state index contributed by atoms with van der Waals surface area (Å²) in [6.07, 6.45) is 8.24. The van der Waals surface area contributed by atoms with Gasteiger partial charge in [0.1, 0.15) is 23.8 Å². The van der Waals surface area contributed by atoms with Crippen LogP contribution in [0.3, 0.4) is 0 Å². The summed E-state index contributed by atoms with van der Waals surface area (Å²) in [6.45, 7) is 12.0. The number of alkyl halides is 3. The highest BCUT2D eigenvalue weighted by molar-refractivity contribution is 7.88. The molecule has 1 aliphatic carbocycles. The van der Waals surface area contributed by atoms with E-state index in [9.17, 15) is 26.4 Å². The lowest BCUT2D eigenvalue weighted by Crippen LogP contribution is -2.52. The molecule has 2 atom stereocenters. The maximum atomic E-state index is 13.2. The average molecular weight is 667 g/mol. The van der Waals surface area contributed by atoms with Gasteiger partial charge in [-0.05, 0) is 83.5 Å². The van der Waals surface area contributed by atoms with Crippen LogP contribution in [-0.2, 0) is 14.8 Å². The molecule has 0 N–H and O–H groups in total. The molecule has 0 radical (unpaired) electrons. The van der Waals surface area contributed by atoms with Crippen molar-refractivity contribution in [3.8, 4) is 11.8 Å². The van der Waals surface area contributed by atoms with Gasteiger partial charge in [0.05, 0.1) is 6.26 Å². The van der Waals surface area contributed by atoms with Crippen LogP contribution in [0.1, 0.15) is 59.8 Å². The van der Waals surface area contributed by atoms with Gasteiger partial charge in [-0.3, -0.25) is 4.79 Å². The molecule has 3 rings (SSSR count). The van der Waals surface area contributed by atoms with Crippen LogP contribution in [-0.4, -0.2) is 116 Å². The van der Waals surface area contributed by atoms with Gasteiger partial charge in [0.2, 0.25) is 10.0 Å². The molecule has 0 aromatic heterocycles. The lowest BCUT2D eigenvalue weighted by molar-refractivity contribution is -0.146. The first-order chi connectivity index (χ1) is 21.6. The van der Waals surface area contributed by atoms with Crippen molar-refractivity contribution in [2.75, 3.05) is 52.6 Å². The number of carbonyl (C=O) groups excluding carboxylic acids is 1. The number of rotatable bonds is 11. The summed E-state index contributed by atoms with van der Waals surface area (Å²) in [4.78, 5) is 28.4. The molecule has 0 bridgehead atoms. The summed E-state index contributed by atoms with van der Waals surface area (Å²) in [7, 11) is -1.54. The lowest BCUT2D eigenvalue weighted by atomic mass is 9.96. The number of nitrogens with zero attached hydrogens (tertiary/aromatic N) is 6. The molecule has 0 aromatic carbocycles. The molecule has 2 fully saturated rings. The van der Waals surface area contributed by atoms with Crippen molar-refractivity contribution < 1.29 is 26.4 Å². The third-order valence-corrected chi connectivity index (χ3v) is 10.6. The van der Waals surface area contributed by atoms with Gasteiger partial charge in [-0.2, -0.15) is 13.2 Å². The van der Waals surface area contributed by atoms with Crippen LogP contribution in [0.15, 0.2) is 45.6 Å². The van der Waals surface area contributed by atoms with Crippen LogP contribution < -0.4 is 0 Å². The van der Waals surface area contributed by atoms with Gasteiger partial charge >= 0.3 is 6.18 Å². The summed E-state index contributed by atoms with van der Waals surface area (Å²) in [6, 6.07) is 0.414. The minimum atomic E-state index is -4.38. The highest BCUT2D eigenvalue weighted by Crippen LogP contribution is 2.29. The van der Waals surface area contributed by atoms with Crippen molar-refractivity contribution in [1.29, 1.82) is 0 Å². The summed E-state index contributed by atoms with van der Waals surface area (Å²) in [5.41, 5.74) is 1.11. The highest BCUT2D eigenvalue weighted by atomic mass is 32.2. The monoisotopic (exact) mass is 666 g/mol. The maximum absolute atomic E-state index is 13.2. The minimum Gasteiger partial charge on any atom is -0.361 e. The number of amides is 1. The minimum absolute atomic E-state index is 0.0119. The molecule has 13 heteroatoms. The standard InChI is InChI=1S/C33H49F3N6O3S/c1-7-31(32(43)42-22-17-30(18-23-42)41-20-15-29(16-21-41)39(5)46(6,44)45)38-24-37-26(4)40(8-2)19-14-25(3)27-10-9-11-28(13-12-27)33(34,35)36/h7,10,12-13,24-25,28-30H,8,14-23H2,1-6H3/b31-7+,37-26?,38-24?. The number of allylic oxidation sites excluding steroid dienone is 5. The number of sulfonamides is 1. The van der Waals surface area contributed by atoms with Crippen molar-refractivity contribution in [1.82, 2.24) is 19.0 Å². The van der Waals surface area contributed by atoms with Gasteiger partial charge in [-0.15, -0.1) is 0 Å². The first kappa shape index (κ1) is 37.5. The molecule has 2 heterocycles. The predicted octanol–water partition coefficient (Wildman–Crippen LogP) is 4.71. The zero-order valence-electron chi connectivity index (χ0n) is 27.9. The van der Waals surface area contributed by atoms with Crippen molar-refractivity contribution in [2.45, 2.75) is 78.1 Å². The molecule has 2 aliphatic heterocycles. The van der Waals surface area contributed by atoms with Crippen LogP contribution in [0.2, 0.25) is 0 Å². The molecule has 3 aliphatic rings. The SMILES string of the molecule is C/C=C(/N=CN=C(C)N(CC)CCC(C)C1=CC#CC(C(F)(F)F)C=C1)C(=O)N1CCC(N2CCC(N(C)S(C)(=O)=O)CC2)CC1. The van der Waals surface area contributed by atoms with E-state index in [1.807, 2.05) is 25.7 Å². The van der Waals surface area contributed by atoms with Gasteiger partial charge in [-0.25, -0.2) is 22.7 Å². The fourth-order valence-electron chi connectivity index (χ4n) is 6.07. The number of carbonyl (C=O) groups is 1. The smallest absolute Gasteiger partial charge is 0.361 e. The molecule has 9 nitrogen and oxygen atoms in total. The lowest BCUT2D eigenvalue weighted by Gasteiger charge is -2.43. The summed E-state index contributed by atoms with van der Waals surface area (Å²) in [5.74, 6) is 3.69. The summed E-state index contributed by atoms with van der Waals surface area (Å²) < 4.78 is 64.4. The third kappa shape index (κ3) is 10.5. The molecular weight excluding hydrogens is 617 g/mol. The van der Waals surface area contributed by atoms with Crippen molar-refractivity contribution in [3.63, 3.8) is 0 Å². The number of hydrogen-bond acceptors (Lipinski definition) is 5. The normalized spacial score (nSPS) is 22.1. The Kier molecular flexibility index (Phi) is 13.7. The Labute approximate surface area is 273 Å². The molecule has 46 heavy (non-hydrogen) atoms. The largest absolute Gasteiger partial charge is 0.405 e. The van der Waals surface area contributed by atoms with Crippen LogP contribution in [0.5, 0.6) is 0 Å². The van der Waals surface area contributed by atoms with E-state index in [-0.39, 0.29) is 17.9 Å². The van der Waals surface area contributed by atoms with Crippen molar-refractivity contribution in [3.05, 3.63) is 35.6 Å². The van der Waals surface area contributed by atoms with E-state index >= 15 is 0 Å². The zero-order valence-corrected chi connectivity index (χ0v) is 28.7. The number of aliphatic imine (C=N–C) groups is 2. The summed E-state index contributed by atoms with van der Waals surface area (Å²) in [5, 5.41) is 0. The topological polar surface area (TPSA) is 88.9 Å². The average Bonchev–Trinajstić information content (AvgIpc) is 3.29. The van der Waals surface area contributed by atoms with Crippen LogP contribution >= 0.6 is 0 Å². The van der Waals surface area contributed by atoms with E-state index in [1.54, 1.807) is 26.1 Å². The van der Waals surface area contributed by atoms with E-state index in [0.717, 1.165) is 56.3 Å². The van der Waals surface area contributed by atoms with Crippen LogP contribution in [0.25, 0.3) is 0 Å². The number of piperidine rings is 2. The van der Waals surface area contributed by atoms with Gasteiger partial charge in [-0.1, -0.05) is 37.0 Å². The van der Waals surface area contributed by atoms with E-state index in [2.05, 4.69) is 31.6 Å². The molecule has 0 spiro atoms. The van der Waals surface area contributed by atoms with Crippen molar-refractivity contribution in [2.24, 2.45) is 21.8 Å². The highest BCUT2D eigenvalue weighted by Gasteiger charge is 2.37. The molecular formula is C33H49F3N6O3S. The Balaban J connectivity index is 1.47. The van der Waals surface area contributed by atoms with Gasteiger partial charge in [0.15, 0.2) is 0 Å². The second kappa shape index (κ2) is 16.7. The molecule has 1 amide bonds. The molecule has 2 unspecified atom stereocenters. The Morgan fingerprint density at radius 1 is 1.17 bits per heavy atom. The third-order valence-electron chi connectivity index (χ3n) is 9.29. The maximum Gasteiger partial charge on any atom is 0.405 e. The van der Waals surface area contributed by atoms with E-state index in [4.69, 9.17) is 0 Å². The Bertz CT molecular complexity index is 1380. The van der Waals surface area contributed by atoms with Crippen LogP contribution in [0, 0.1) is 23.7 Å². The number of halogens is 3. The van der Waals surface area contributed by atoms with E-state index in [0.29, 0.717) is 44.3 Å². The number of amidine groups is 1. The van der Waals surface area contributed by atoms with Gasteiger partial charge in [0, 0.05) is 45.3 Å². The first-order valence-corrected chi connectivity index (χ1v) is 17.9. The Morgan fingerprint density at radius 3 is 2.39 bits per heavy atom. The second-order valence-corrected chi connectivity index (χ2v) is 14.3. The molecule has 0 aromatic rings. The van der Waals surface area contributed by atoms with Crippen molar-refractivity contribution >= 4 is 28.1 Å². The van der Waals surface area contributed by atoms with Crippen LogP contribution in [0.4, 0.5) is 13.2 Å². The Morgan fingerprint density at radius 2 is 1.83 bits per heavy atom. The van der Waals surface area contributed by atoms with E-state index < -0.39 is 22.1 Å². The fraction of sp³-hybridized carbons (Fsp3) is 0.667. The Hall–Kier alpha value is -2.95.